The summed E-state index contributed by atoms with van der Waals surface area (Å²) in [5.41, 5.74) is -0.331. The monoisotopic (exact) mass is 237 g/mol. The number of halogens is 3. The van der Waals surface area contributed by atoms with Gasteiger partial charge in [-0.3, -0.25) is 4.90 Å². The number of piperidine rings is 1. The Bertz CT molecular complexity index is 233. The molecule has 0 amide bonds. The number of hydrogen-bond acceptors (Lipinski definition) is 1. The van der Waals surface area contributed by atoms with Crippen molar-refractivity contribution >= 4 is 0 Å². The van der Waals surface area contributed by atoms with Crippen LogP contribution in [-0.4, -0.2) is 29.7 Å². The molecule has 1 fully saturated rings. The lowest BCUT2D eigenvalue weighted by Crippen LogP contribution is -2.53. The van der Waals surface area contributed by atoms with E-state index in [9.17, 15) is 13.2 Å². The number of hydrogen-bond donors (Lipinski definition) is 0. The second-order valence-electron chi connectivity index (χ2n) is 5.85. The van der Waals surface area contributed by atoms with Crippen molar-refractivity contribution in [3.05, 3.63) is 0 Å². The molecule has 0 aromatic carbocycles. The summed E-state index contributed by atoms with van der Waals surface area (Å²) < 4.78 is 37.2. The fraction of sp³-hybridized carbons (Fsp3) is 1.00. The highest BCUT2D eigenvalue weighted by Gasteiger charge is 2.41. The number of likely N-dealkylation sites (tertiary alicyclic amines) is 1. The Labute approximate surface area is 96.0 Å². The van der Waals surface area contributed by atoms with Crippen molar-refractivity contribution in [2.75, 3.05) is 13.1 Å². The largest absolute Gasteiger partial charge is 0.401 e. The van der Waals surface area contributed by atoms with Crippen LogP contribution < -0.4 is 0 Å². The van der Waals surface area contributed by atoms with Crippen LogP contribution in [0, 0.1) is 11.8 Å². The van der Waals surface area contributed by atoms with Crippen LogP contribution in [0.3, 0.4) is 0 Å². The first-order valence-electron chi connectivity index (χ1n) is 5.93. The molecule has 1 heterocycles. The molecule has 0 aromatic rings. The molecular weight excluding hydrogens is 215 g/mol. The minimum absolute atomic E-state index is 0.331. The summed E-state index contributed by atoms with van der Waals surface area (Å²) in [7, 11) is 0. The number of nitrogens with zero attached hydrogens (tertiary/aromatic N) is 1. The third kappa shape index (κ3) is 3.65. The normalized spacial score (nSPS) is 27.4. The molecular formula is C12H22F3N. The standard InChI is InChI=1S/C12H22F3N/c1-9(2)10-5-6-16(8-12(13,14)15)11(3,4)7-10/h9-10H,5-8H2,1-4H3. The van der Waals surface area contributed by atoms with Crippen LogP contribution in [0.4, 0.5) is 13.2 Å². The second-order valence-corrected chi connectivity index (χ2v) is 5.85. The molecule has 96 valence electrons. The minimum Gasteiger partial charge on any atom is -0.290 e. The molecule has 0 radical (unpaired) electrons. The van der Waals surface area contributed by atoms with E-state index in [0.29, 0.717) is 18.4 Å². The average Bonchev–Trinajstić information content (AvgIpc) is 2.05. The van der Waals surface area contributed by atoms with Gasteiger partial charge in [0.15, 0.2) is 0 Å². The van der Waals surface area contributed by atoms with Gasteiger partial charge in [-0.15, -0.1) is 0 Å². The van der Waals surface area contributed by atoms with Crippen molar-refractivity contribution in [1.29, 1.82) is 0 Å². The molecule has 0 aromatic heterocycles. The highest BCUT2D eigenvalue weighted by molar-refractivity contribution is 4.91. The van der Waals surface area contributed by atoms with Gasteiger partial charge in [0.2, 0.25) is 0 Å². The van der Waals surface area contributed by atoms with E-state index in [1.807, 2.05) is 13.8 Å². The van der Waals surface area contributed by atoms with E-state index in [1.165, 1.54) is 0 Å². The smallest absolute Gasteiger partial charge is 0.290 e. The fourth-order valence-corrected chi connectivity index (χ4v) is 2.58. The van der Waals surface area contributed by atoms with E-state index in [4.69, 9.17) is 0 Å². The molecule has 4 heteroatoms. The molecule has 1 nitrogen and oxygen atoms in total. The molecule has 1 rings (SSSR count). The Morgan fingerprint density at radius 2 is 1.88 bits per heavy atom. The Kier molecular flexibility index (Phi) is 3.93. The van der Waals surface area contributed by atoms with Crippen molar-refractivity contribution in [1.82, 2.24) is 4.90 Å². The molecule has 0 saturated carbocycles. The predicted octanol–water partition coefficient (Wildman–Crippen LogP) is 3.70. The summed E-state index contributed by atoms with van der Waals surface area (Å²) in [4.78, 5) is 1.58. The maximum absolute atomic E-state index is 12.4. The van der Waals surface area contributed by atoms with Crippen LogP contribution in [0.1, 0.15) is 40.5 Å². The first kappa shape index (κ1) is 13.8. The van der Waals surface area contributed by atoms with Gasteiger partial charge in [-0.2, -0.15) is 13.2 Å². The van der Waals surface area contributed by atoms with Gasteiger partial charge < -0.3 is 0 Å². The Balaban J connectivity index is 2.64. The van der Waals surface area contributed by atoms with Gasteiger partial charge in [0.1, 0.15) is 0 Å². The summed E-state index contributed by atoms with van der Waals surface area (Å²) >= 11 is 0. The van der Waals surface area contributed by atoms with Gasteiger partial charge in [0.05, 0.1) is 6.54 Å². The zero-order valence-corrected chi connectivity index (χ0v) is 10.6. The number of rotatable bonds is 2. The van der Waals surface area contributed by atoms with Gasteiger partial charge in [0, 0.05) is 5.54 Å². The van der Waals surface area contributed by atoms with E-state index in [0.717, 1.165) is 12.8 Å². The van der Waals surface area contributed by atoms with Crippen LogP contribution >= 0.6 is 0 Å². The zero-order valence-electron chi connectivity index (χ0n) is 10.6. The molecule has 0 aliphatic carbocycles. The molecule has 1 saturated heterocycles. The maximum Gasteiger partial charge on any atom is 0.401 e. The fourth-order valence-electron chi connectivity index (χ4n) is 2.58. The molecule has 1 unspecified atom stereocenters. The lowest BCUT2D eigenvalue weighted by Gasteiger charge is -2.47. The van der Waals surface area contributed by atoms with Crippen LogP contribution in [0.25, 0.3) is 0 Å². The molecule has 16 heavy (non-hydrogen) atoms. The van der Waals surface area contributed by atoms with Gasteiger partial charge >= 0.3 is 6.18 Å². The first-order chi connectivity index (χ1) is 7.12. The quantitative estimate of drug-likeness (QED) is 0.708. The number of alkyl halides is 3. The molecule has 0 spiro atoms. The summed E-state index contributed by atoms with van der Waals surface area (Å²) in [5, 5.41) is 0. The molecule has 1 aliphatic rings. The maximum atomic E-state index is 12.4. The van der Waals surface area contributed by atoms with E-state index in [1.54, 1.807) is 4.90 Å². The van der Waals surface area contributed by atoms with E-state index >= 15 is 0 Å². The van der Waals surface area contributed by atoms with Crippen LogP contribution in [0.15, 0.2) is 0 Å². The predicted molar refractivity (Wildman–Crippen MR) is 59.3 cm³/mol. The van der Waals surface area contributed by atoms with Crippen molar-refractivity contribution in [2.24, 2.45) is 11.8 Å². The molecule has 1 aliphatic heterocycles. The third-order valence-corrected chi connectivity index (χ3v) is 3.70. The van der Waals surface area contributed by atoms with Crippen LogP contribution in [0.5, 0.6) is 0 Å². The van der Waals surface area contributed by atoms with Crippen LogP contribution in [0.2, 0.25) is 0 Å². The third-order valence-electron chi connectivity index (χ3n) is 3.70. The topological polar surface area (TPSA) is 3.24 Å². The van der Waals surface area contributed by atoms with Crippen molar-refractivity contribution in [2.45, 2.75) is 52.3 Å². The van der Waals surface area contributed by atoms with Crippen molar-refractivity contribution in [3.63, 3.8) is 0 Å². The van der Waals surface area contributed by atoms with E-state index in [-0.39, 0.29) is 5.54 Å². The molecule has 0 bridgehead atoms. The van der Waals surface area contributed by atoms with E-state index in [2.05, 4.69) is 13.8 Å². The van der Waals surface area contributed by atoms with Crippen molar-refractivity contribution < 1.29 is 13.2 Å². The second kappa shape index (κ2) is 4.55. The summed E-state index contributed by atoms with van der Waals surface area (Å²) in [5.74, 6) is 1.12. The average molecular weight is 237 g/mol. The van der Waals surface area contributed by atoms with Gasteiger partial charge in [-0.1, -0.05) is 13.8 Å². The SMILES string of the molecule is CC(C)C1CCN(CC(F)(F)F)C(C)(C)C1. The lowest BCUT2D eigenvalue weighted by molar-refractivity contribution is -0.164. The molecule has 1 atom stereocenters. The zero-order chi connectivity index (χ0) is 12.6. The lowest BCUT2D eigenvalue weighted by atomic mass is 9.77. The van der Waals surface area contributed by atoms with Gasteiger partial charge in [-0.25, -0.2) is 0 Å². The van der Waals surface area contributed by atoms with Crippen molar-refractivity contribution in [3.8, 4) is 0 Å². The Hall–Kier alpha value is -0.250. The highest BCUT2D eigenvalue weighted by Crippen LogP contribution is 2.36. The van der Waals surface area contributed by atoms with E-state index < -0.39 is 12.7 Å². The summed E-state index contributed by atoms with van der Waals surface area (Å²) in [6, 6.07) is 0. The highest BCUT2D eigenvalue weighted by atomic mass is 19.4. The van der Waals surface area contributed by atoms with Crippen LogP contribution in [-0.2, 0) is 0 Å². The molecule has 0 N–H and O–H groups in total. The Morgan fingerprint density at radius 3 is 2.25 bits per heavy atom. The van der Waals surface area contributed by atoms with Gasteiger partial charge in [0.25, 0.3) is 0 Å². The summed E-state index contributed by atoms with van der Waals surface area (Å²) in [6.45, 7) is 7.95. The first-order valence-corrected chi connectivity index (χ1v) is 5.93. The minimum atomic E-state index is -4.08. The summed E-state index contributed by atoms with van der Waals surface area (Å²) in [6.07, 6.45) is -2.33. The Morgan fingerprint density at radius 1 is 1.31 bits per heavy atom. The van der Waals surface area contributed by atoms with Gasteiger partial charge in [-0.05, 0) is 45.1 Å².